The Bertz CT molecular complexity index is 1040. The number of amides is 1. The normalized spacial score (nSPS) is 13.5. The number of nitrogens with zero attached hydrogens (tertiary/aromatic N) is 1. The molecule has 31 heavy (non-hydrogen) atoms. The molecule has 0 bridgehead atoms. The monoisotopic (exact) mass is 476 g/mol. The summed E-state index contributed by atoms with van der Waals surface area (Å²) >= 11 is 5.64. The van der Waals surface area contributed by atoms with E-state index in [-0.39, 0.29) is 5.69 Å². The number of rotatable bonds is 7. The first kappa shape index (κ1) is 25.0. The smallest absolute Gasteiger partial charge is 0.349 e. The second kappa shape index (κ2) is 9.08. The third kappa shape index (κ3) is 6.61. The van der Waals surface area contributed by atoms with Crippen LogP contribution < -0.4 is 9.62 Å². The van der Waals surface area contributed by atoms with Crippen LogP contribution in [0.4, 0.5) is 18.9 Å². The van der Waals surface area contributed by atoms with Gasteiger partial charge in [0.15, 0.2) is 0 Å². The Morgan fingerprint density at radius 1 is 1.13 bits per heavy atom. The SMILES string of the molecule is C[C@H](C(=O)NC(C)(C)Cc1ccccc1)N(c1ccc(Cl)c(C(F)(F)F)c1)S(C)(=O)=O. The maximum Gasteiger partial charge on any atom is 0.417 e. The summed E-state index contributed by atoms with van der Waals surface area (Å²) in [6, 6.07) is 10.8. The molecule has 2 aromatic carbocycles. The minimum Gasteiger partial charge on any atom is -0.349 e. The van der Waals surface area contributed by atoms with Crippen molar-refractivity contribution in [2.24, 2.45) is 0 Å². The third-order valence-electron chi connectivity index (χ3n) is 4.55. The number of nitrogens with one attached hydrogen (secondary N) is 1. The number of benzene rings is 2. The zero-order chi connectivity index (χ0) is 23.6. The van der Waals surface area contributed by atoms with Gasteiger partial charge in [-0.1, -0.05) is 41.9 Å². The summed E-state index contributed by atoms with van der Waals surface area (Å²) in [6.07, 6.45) is -3.47. The van der Waals surface area contributed by atoms with Crippen LogP contribution in [0.1, 0.15) is 31.9 Å². The molecule has 0 aliphatic rings. The predicted molar refractivity (Wildman–Crippen MR) is 116 cm³/mol. The Labute approximate surface area is 185 Å². The summed E-state index contributed by atoms with van der Waals surface area (Å²) in [6.45, 7) is 4.87. The average molecular weight is 477 g/mol. The van der Waals surface area contributed by atoms with Gasteiger partial charge in [0.05, 0.1) is 22.5 Å². The van der Waals surface area contributed by atoms with E-state index in [9.17, 15) is 26.4 Å². The summed E-state index contributed by atoms with van der Waals surface area (Å²) in [7, 11) is -4.09. The number of halogens is 4. The van der Waals surface area contributed by atoms with Crippen LogP contribution in [0.5, 0.6) is 0 Å². The molecule has 0 spiro atoms. The summed E-state index contributed by atoms with van der Waals surface area (Å²) in [5.74, 6) is -0.644. The quantitative estimate of drug-likeness (QED) is 0.632. The van der Waals surface area contributed by atoms with Crippen LogP contribution in [0, 0.1) is 0 Å². The van der Waals surface area contributed by atoms with Gasteiger partial charge in [-0.3, -0.25) is 9.10 Å². The molecule has 10 heteroatoms. The minimum atomic E-state index is -4.78. The molecule has 0 aliphatic heterocycles. The Kier molecular flexibility index (Phi) is 7.32. The van der Waals surface area contributed by atoms with E-state index < -0.39 is 44.3 Å². The van der Waals surface area contributed by atoms with Gasteiger partial charge in [-0.25, -0.2) is 8.42 Å². The van der Waals surface area contributed by atoms with Gasteiger partial charge in [-0.15, -0.1) is 0 Å². The lowest BCUT2D eigenvalue weighted by Gasteiger charge is -2.33. The van der Waals surface area contributed by atoms with Gasteiger partial charge in [0.1, 0.15) is 6.04 Å². The van der Waals surface area contributed by atoms with Crippen LogP contribution in [-0.2, 0) is 27.4 Å². The second-order valence-electron chi connectivity index (χ2n) is 7.93. The molecule has 1 N–H and O–H groups in total. The first-order chi connectivity index (χ1) is 14.1. The molecule has 2 aromatic rings. The van der Waals surface area contributed by atoms with Crippen molar-refractivity contribution in [2.45, 2.75) is 44.9 Å². The standard InChI is InChI=1S/C21H24ClF3N2O3S/c1-14(19(28)26-20(2,3)13-15-8-6-5-7-9-15)27(31(4,29)30)16-10-11-18(22)17(12-16)21(23,24)25/h5-12,14H,13H2,1-4H3,(H,26,28)/t14-/m1/s1. The van der Waals surface area contributed by atoms with Gasteiger partial charge in [0.2, 0.25) is 15.9 Å². The number of hydrogen-bond donors (Lipinski definition) is 1. The van der Waals surface area contributed by atoms with E-state index in [0.29, 0.717) is 16.8 Å². The predicted octanol–water partition coefficient (Wildman–Crippen LogP) is 4.65. The van der Waals surface area contributed by atoms with E-state index in [1.54, 1.807) is 13.8 Å². The molecule has 0 heterocycles. The number of carbonyl (C=O) groups is 1. The summed E-state index contributed by atoms with van der Waals surface area (Å²) < 4.78 is 65.2. The van der Waals surface area contributed by atoms with Crippen molar-refractivity contribution in [3.05, 3.63) is 64.7 Å². The fourth-order valence-corrected chi connectivity index (χ4v) is 4.66. The van der Waals surface area contributed by atoms with Crippen molar-refractivity contribution in [3.63, 3.8) is 0 Å². The van der Waals surface area contributed by atoms with E-state index in [1.165, 1.54) is 6.92 Å². The highest BCUT2D eigenvalue weighted by atomic mass is 35.5. The second-order valence-corrected chi connectivity index (χ2v) is 10.2. The average Bonchev–Trinajstić information content (AvgIpc) is 2.61. The lowest BCUT2D eigenvalue weighted by atomic mass is 9.94. The minimum absolute atomic E-state index is 0.303. The van der Waals surface area contributed by atoms with Crippen LogP contribution in [0.25, 0.3) is 0 Å². The summed E-state index contributed by atoms with van der Waals surface area (Å²) in [5, 5.41) is 2.23. The van der Waals surface area contributed by atoms with Gasteiger partial charge in [-0.05, 0) is 51.0 Å². The maximum atomic E-state index is 13.2. The fourth-order valence-electron chi connectivity index (χ4n) is 3.26. The molecule has 1 atom stereocenters. The Morgan fingerprint density at radius 3 is 2.23 bits per heavy atom. The number of anilines is 1. The molecule has 2 rings (SSSR count). The third-order valence-corrected chi connectivity index (χ3v) is 6.12. The highest BCUT2D eigenvalue weighted by molar-refractivity contribution is 7.92. The Morgan fingerprint density at radius 2 is 1.71 bits per heavy atom. The summed E-state index contributed by atoms with van der Waals surface area (Å²) in [4.78, 5) is 12.9. The molecule has 0 radical (unpaired) electrons. The lowest BCUT2D eigenvalue weighted by molar-refractivity contribution is -0.137. The van der Waals surface area contributed by atoms with Crippen LogP contribution in [0.15, 0.2) is 48.5 Å². The van der Waals surface area contributed by atoms with Gasteiger partial charge in [0, 0.05) is 5.54 Å². The van der Waals surface area contributed by atoms with Gasteiger partial charge in [-0.2, -0.15) is 13.2 Å². The topological polar surface area (TPSA) is 66.5 Å². The number of hydrogen-bond acceptors (Lipinski definition) is 3. The van der Waals surface area contributed by atoms with Crippen LogP contribution >= 0.6 is 11.6 Å². The first-order valence-corrected chi connectivity index (χ1v) is 11.6. The van der Waals surface area contributed by atoms with Crippen molar-refractivity contribution < 1.29 is 26.4 Å². The zero-order valence-corrected chi connectivity index (χ0v) is 19.1. The molecule has 5 nitrogen and oxygen atoms in total. The van der Waals surface area contributed by atoms with E-state index >= 15 is 0 Å². The van der Waals surface area contributed by atoms with Crippen LogP contribution in [0.2, 0.25) is 5.02 Å². The first-order valence-electron chi connectivity index (χ1n) is 9.34. The molecule has 0 saturated carbocycles. The van der Waals surface area contributed by atoms with E-state index in [4.69, 9.17) is 11.6 Å². The molecule has 0 fully saturated rings. The van der Waals surface area contributed by atoms with Gasteiger partial charge < -0.3 is 5.32 Å². The molecule has 0 saturated heterocycles. The lowest BCUT2D eigenvalue weighted by Crippen LogP contribution is -2.54. The molecule has 1 amide bonds. The Balaban J connectivity index is 2.34. The molecular weight excluding hydrogens is 453 g/mol. The highest BCUT2D eigenvalue weighted by Crippen LogP contribution is 2.37. The van der Waals surface area contributed by atoms with Crippen molar-refractivity contribution in [2.75, 3.05) is 10.6 Å². The summed E-state index contributed by atoms with van der Waals surface area (Å²) in [5.41, 5.74) is -1.25. The molecule has 0 aliphatic carbocycles. The van der Waals surface area contributed by atoms with E-state index in [0.717, 1.165) is 24.0 Å². The van der Waals surface area contributed by atoms with E-state index in [1.807, 2.05) is 30.3 Å². The maximum absolute atomic E-state index is 13.2. The van der Waals surface area contributed by atoms with Crippen LogP contribution in [0.3, 0.4) is 0 Å². The van der Waals surface area contributed by atoms with Crippen molar-refractivity contribution in [1.29, 1.82) is 0 Å². The number of sulfonamides is 1. The van der Waals surface area contributed by atoms with Gasteiger partial charge in [0.25, 0.3) is 0 Å². The fraction of sp³-hybridized carbons (Fsp3) is 0.381. The van der Waals surface area contributed by atoms with Gasteiger partial charge >= 0.3 is 6.18 Å². The van der Waals surface area contributed by atoms with Crippen LogP contribution in [-0.4, -0.2) is 32.2 Å². The van der Waals surface area contributed by atoms with E-state index in [2.05, 4.69) is 5.32 Å². The highest BCUT2D eigenvalue weighted by Gasteiger charge is 2.37. The molecule has 0 unspecified atom stereocenters. The van der Waals surface area contributed by atoms with Crippen molar-refractivity contribution in [3.8, 4) is 0 Å². The molecular formula is C21H24ClF3N2O3S. The van der Waals surface area contributed by atoms with Crippen molar-refractivity contribution in [1.82, 2.24) is 5.32 Å². The largest absolute Gasteiger partial charge is 0.417 e. The molecule has 0 aromatic heterocycles. The zero-order valence-electron chi connectivity index (χ0n) is 17.5. The molecule has 170 valence electrons. The number of alkyl halides is 3. The number of carbonyl (C=O) groups excluding carboxylic acids is 1. The Hall–Kier alpha value is -2.26. The van der Waals surface area contributed by atoms with Crippen molar-refractivity contribution >= 4 is 33.2 Å².